The van der Waals surface area contributed by atoms with E-state index in [0.717, 1.165) is 22.6 Å². The molecule has 0 fully saturated rings. The van der Waals surface area contributed by atoms with Gasteiger partial charge in [-0.25, -0.2) is 0 Å². The largest absolute Gasteiger partial charge is 0.497 e. The molecule has 0 aliphatic heterocycles. The second-order valence-corrected chi connectivity index (χ2v) is 4.90. The quantitative estimate of drug-likeness (QED) is 0.799. The number of aromatic nitrogens is 2. The van der Waals surface area contributed by atoms with Crippen molar-refractivity contribution in [1.82, 2.24) is 10.2 Å². The van der Waals surface area contributed by atoms with Crippen molar-refractivity contribution in [3.8, 4) is 28.7 Å². The predicted octanol–water partition coefficient (Wildman–Crippen LogP) is 3.37. The first-order chi connectivity index (χ1) is 11.2. The number of methoxy groups -OCH3 is 1. The Bertz CT molecular complexity index is 808. The Labute approximate surface area is 133 Å². The molecule has 1 heterocycles. The van der Waals surface area contributed by atoms with Gasteiger partial charge in [-0.1, -0.05) is 0 Å². The third-order valence-corrected chi connectivity index (χ3v) is 3.21. The van der Waals surface area contributed by atoms with Crippen LogP contribution in [0.1, 0.15) is 6.92 Å². The van der Waals surface area contributed by atoms with Gasteiger partial charge in [-0.3, -0.25) is 4.79 Å². The summed E-state index contributed by atoms with van der Waals surface area (Å²) in [6, 6.07) is 14.6. The zero-order valence-electron chi connectivity index (χ0n) is 12.7. The summed E-state index contributed by atoms with van der Waals surface area (Å²) in [4.78, 5) is 11.0. The second kappa shape index (κ2) is 6.31. The fourth-order valence-electron chi connectivity index (χ4n) is 2.09. The molecule has 2 aromatic carbocycles. The van der Waals surface area contributed by atoms with Crippen LogP contribution in [0.4, 0.5) is 5.69 Å². The maximum atomic E-state index is 11.0. The van der Waals surface area contributed by atoms with Crippen LogP contribution < -0.4 is 10.1 Å². The molecule has 0 atom stereocenters. The number of hydrogen-bond donors (Lipinski definition) is 1. The Morgan fingerprint density at radius 1 is 0.957 bits per heavy atom. The highest BCUT2D eigenvalue weighted by atomic mass is 16.5. The molecule has 0 aliphatic rings. The first-order valence-electron chi connectivity index (χ1n) is 7.01. The highest BCUT2D eigenvalue weighted by Crippen LogP contribution is 2.26. The predicted molar refractivity (Wildman–Crippen MR) is 86.0 cm³/mol. The lowest BCUT2D eigenvalue weighted by Crippen LogP contribution is -2.05. The van der Waals surface area contributed by atoms with Crippen LogP contribution in [0, 0.1) is 0 Å². The van der Waals surface area contributed by atoms with Gasteiger partial charge < -0.3 is 14.5 Å². The molecule has 116 valence electrons. The van der Waals surface area contributed by atoms with E-state index in [1.807, 2.05) is 36.4 Å². The fourth-order valence-corrected chi connectivity index (χ4v) is 2.09. The van der Waals surface area contributed by atoms with E-state index in [4.69, 9.17) is 9.15 Å². The van der Waals surface area contributed by atoms with E-state index in [1.165, 1.54) is 6.92 Å². The van der Waals surface area contributed by atoms with Crippen molar-refractivity contribution in [3.63, 3.8) is 0 Å². The number of ether oxygens (including phenoxy) is 1. The van der Waals surface area contributed by atoms with E-state index in [1.54, 1.807) is 19.2 Å². The summed E-state index contributed by atoms with van der Waals surface area (Å²) in [5.74, 6) is 1.51. The molecular weight excluding hydrogens is 294 g/mol. The van der Waals surface area contributed by atoms with Gasteiger partial charge in [0.05, 0.1) is 7.11 Å². The molecule has 1 aromatic heterocycles. The van der Waals surface area contributed by atoms with E-state index >= 15 is 0 Å². The van der Waals surface area contributed by atoms with E-state index in [0.29, 0.717) is 11.8 Å². The van der Waals surface area contributed by atoms with Crippen molar-refractivity contribution in [1.29, 1.82) is 0 Å². The minimum atomic E-state index is -0.114. The van der Waals surface area contributed by atoms with Gasteiger partial charge in [0, 0.05) is 23.7 Å². The highest BCUT2D eigenvalue weighted by molar-refractivity contribution is 5.88. The fraction of sp³-hybridized carbons (Fsp3) is 0.118. The van der Waals surface area contributed by atoms with Gasteiger partial charge in [0.15, 0.2) is 0 Å². The first kappa shape index (κ1) is 14.8. The number of amides is 1. The number of anilines is 1. The average molecular weight is 309 g/mol. The standard InChI is InChI=1S/C17H15N3O3/c1-11(21)18-14-7-3-12(4-8-14)16-19-20-17(23-16)13-5-9-15(22-2)10-6-13/h3-10H,1-2H3,(H,18,21). The Morgan fingerprint density at radius 3 is 1.96 bits per heavy atom. The molecular formula is C17H15N3O3. The molecule has 0 unspecified atom stereocenters. The van der Waals surface area contributed by atoms with Gasteiger partial charge in [0.2, 0.25) is 17.7 Å². The SMILES string of the molecule is COc1ccc(-c2nnc(-c3ccc(NC(C)=O)cc3)o2)cc1. The van der Waals surface area contributed by atoms with Crippen LogP contribution in [0.2, 0.25) is 0 Å². The summed E-state index contributed by atoms with van der Waals surface area (Å²) in [6.07, 6.45) is 0. The number of nitrogens with zero attached hydrogens (tertiary/aromatic N) is 2. The maximum absolute atomic E-state index is 11.0. The summed E-state index contributed by atoms with van der Waals surface area (Å²) < 4.78 is 10.8. The van der Waals surface area contributed by atoms with Crippen molar-refractivity contribution in [2.45, 2.75) is 6.92 Å². The Kier molecular flexibility index (Phi) is 4.05. The molecule has 23 heavy (non-hydrogen) atoms. The molecule has 0 spiro atoms. The second-order valence-electron chi connectivity index (χ2n) is 4.90. The van der Waals surface area contributed by atoms with E-state index in [2.05, 4.69) is 15.5 Å². The minimum absolute atomic E-state index is 0.114. The summed E-state index contributed by atoms with van der Waals surface area (Å²) in [5.41, 5.74) is 2.32. The number of benzene rings is 2. The Morgan fingerprint density at radius 2 is 1.48 bits per heavy atom. The third kappa shape index (κ3) is 3.37. The van der Waals surface area contributed by atoms with Gasteiger partial charge in [-0.05, 0) is 48.5 Å². The van der Waals surface area contributed by atoms with E-state index in [-0.39, 0.29) is 5.91 Å². The van der Waals surface area contributed by atoms with Gasteiger partial charge in [0.1, 0.15) is 5.75 Å². The van der Waals surface area contributed by atoms with Crippen molar-refractivity contribution < 1.29 is 13.9 Å². The smallest absolute Gasteiger partial charge is 0.248 e. The van der Waals surface area contributed by atoms with Gasteiger partial charge in [-0.2, -0.15) is 0 Å². The van der Waals surface area contributed by atoms with Gasteiger partial charge >= 0.3 is 0 Å². The maximum Gasteiger partial charge on any atom is 0.248 e. The molecule has 3 aromatic rings. The van der Waals surface area contributed by atoms with E-state index in [9.17, 15) is 4.79 Å². The van der Waals surface area contributed by atoms with Crippen LogP contribution >= 0.6 is 0 Å². The molecule has 1 N–H and O–H groups in total. The summed E-state index contributed by atoms with van der Waals surface area (Å²) in [7, 11) is 1.62. The van der Waals surface area contributed by atoms with Crippen molar-refractivity contribution in [2.24, 2.45) is 0 Å². The zero-order valence-corrected chi connectivity index (χ0v) is 12.7. The van der Waals surface area contributed by atoms with Crippen LogP contribution in [0.15, 0.2) is 52.9 Å². The lowest BCUT2D eigenvalue weighted by molar-refractivity contribution is -0.114. The van der Waals surface area contributed by atoms with Crippen LogP contribution in [0.3, 0.4) is 0 Å². The van der Waals surface area contributed by atoms with E-state index < -0.39 is 0 Å². The van der Waals surface area contributed by atoms with Gasteiger partial charge in [-0.15, -0.1) is 10.2 Å². The molecule has 1 amide bonds. The van der Waals surface area contributed by atoms with Gasteiger partial charge in [0.25, 0.3) is 0 Å². The number of nitrogens with one attached hydrogen (secondary N) is 1. The third-order valence-electron chi connectivity index (χ3n) is 3.21. The van der Waals surface area contributed by atoms with Crippen LogP contribution in [0.25, 0.3) is 22.9 Å². The molecule has 6 nitrogen and oxygen atoms in total. The highest BCUT2D eigenvalue weighted by Gasteiger charge is 2.10. The van der Waals surface area contributed by atoms with Crippen LogP contribution in [-0.2, 0) is 4.79 Å². The molecule has 0 saturated heterocycles. The Hall–Kier alpha value is -3.15. The zero-order chi connectivity index (χ0) is 16.2. The lowest BCUT2D eigenvalue weighted by atomic mass is 10.2. The van der Waals surface area contributed by atoms with Crippen molar-refractivity contribution >= 4 is 11.6 Å². The monoisotopic (exact) mass is 309 g/mol. The number of carbonyl (C=O) groups is 1. The minimum Gasteiger partial charge on any atom is -0.497 e. The summed E-state index contributed by atoms with van der Waals surface area (Å²) >= 11 is 0. The summed E-state index contributed by atoms with van der Waals surface area (Å²) in [5, 5.41) is 10.8. The molecule has 0 aliphatic carbocycles. The van der Waals surface area contributed by atoms with Crippen molar-refractivity contribution in [2.75, 3.05) is 12.4 Å². The van der Waals surface area contributed by atoms with Crippen LogP contribution in [0.5, 0.6) is 5.75 Å². The Balaban J connectivity index is 1.81. The molecule has 6 heteroatoms. The summed E-state index contributed by atoms with van der Waals surface area (Å²) in [6.45, 7) is 1.47. The lowest BCUT2D eigenvalue weighted by Gasteiger charge is -2.02. The van der Waals surface area contributed by atoms with Crippen molar-refractivity contribution in [3.05, 3.63) is 48.5 Å². The molecule has 3 rings (SSSR count). The molecule has 0 radical (unpaired) electrons. The molecule has 0 saturated carbocycles. The number of hydrogen-bond acceptors (Lipinski definition) is 5. The number of carbonyl (C=O) groups excluding carboxylic acids is 1. The van der Waals surface area contributed by atoms with Crippen LogP contribution in [-0.4, -0.2) is 23.2 Å². The number of rotatable bonds is 4. The topological polar surface area (TPSA) is 77.3 Å². The average Bonchev–Trinajstić information content (AvgIpc) is 3.05. The first-order valence-corrected chi connectivity index (χ1v) is 7.01. The molecule has 0 bridgehead atoms. The normalized spacial score (nSPS) is 10.3.